The molecule has 0 N–H and O–H groups in total. The average molecular weight is 416 g/mol. The number of hydrogen-bond acceptors (Lipinski definition) is 4. The Hall–Kier alpha value is -3.74. The smallest absolute Gasteiger partial charge is 0.327 e. The summed E-state index contributed by atoms with van der Waals surface area (Å²) in [5, 5.41) is 18.0. The summed E-state index contributed by atoms with van der Waals surface area (Å²) in [7, 11) is 0. The van der Waals surface area contributed by atoms with Crippen molar-refractivity contribution in [3.63, 3.8) is 0 Å². The van der Waals surface area contributed by atoms with Gasteiger partial charge < -0.3 is 5.11 Å². The minimum atomic E-state index is -0.470. The predicted octanol–water partition coefficient (Wildman–Crippen LogP) is 2.25. The highest BCUT2D eigenvalue weighted by Gasteiger charge is 2.47. The molecule has 0 aliphatic carbocycles. The van der Waals surface area contributed by atoms with Crippen molar-refractivity contribution in [2.45, 2.75) is 40.2 Å². The summed E-state index contributed by atoms with van der Waals surface area (Å²) in [6.45, 7) is 7.38. The van der Waals surface area contributed by atoms with Crippen molar-refractivity contribution in [1.29, 1.82) is 0 Å². The van der Waals surface area contributed by atoms with Crippen molar-refractivity contribution >= 4 is 23.1 Å². The van der Waals surface area contributed by atoms with Crippen LogP contribution in [0.25, 0.3) is 17.0 Å². The van der Waals surface area contributed by atoms with Gasteiger partial charge in [0.2, 0.25) is 0 Å². The normalized spacial score (nSPS) is 14.3. The van der Waals surface area contributed by atoms with E-state index in [0.717, 1.165) is 5.56 Å². The number of amides is 2. The van der Waals surface area contributed by atoms with Crippen LogP contribution in [-0.4, -0.2) is 32.5 Å². The summed E-state index contributed by atoms with van der Waals surface area (Å²) >= 11 is 0. The lowest BCUT2D eigenvalue weighted by atomic mass is 10.0. The van der Waals surface area contributed by atoms with Crippen LogP contribution in [0.15, 0.2) is 54.9 Å². The second-order valence-electron chi connectivity index (χ2n) is 7.81. The number of aromatic nitrogens is 3. The Morgan fingerprint density at radius 1 is 1.03 bits per heavy atom. The van der Waals surface area contributed by atoms with Crippen LogP contribution in [0.3, 0.4) is 0 Å². The van der Waals surface area contributed by atoms with Crippen molar-refractivity contribution in [3.8, 4) is 11.6 Å². The van der Waals surface area contributed by atoms with E-state index >= 15 is 0 Å². The molecule has 0 radical (unpaired) electrons. The Balaban J connectivity index is 2.01. The van der Waals surface area contributed by atoms with Crippen LogP contribution in [0.4, 0.5) is 0 Å². The third kappa shape index (κ3) is 3.32. The molecule has 0 saturated carbocycles. The first-order chi connectivity index (χ1) is 14.8. The quantitative estimate of drug-likeness (QED) is 0.472. The van der Waals surface area contributed by atoms with Crippen LogP contribution in [0.2, 0.25) is 0 Å². The first kappa shape index (κ1) is 20.5. The third-order valence-corrected chi connectivity index (χ3v) is 5.36. The number of hydrogen-bond donors (Lipinski definition) is 0. The zero-order valence-corrected chi connectivity index (χ0v) is 18.0. The highest BCUT2D eigenvalue weighted by atomic mass is 16.3. The van der Waals surface area contributed by atoms with Crippen LogP contribution >= 0.6 is 0 Å². The lowest BCUT2D eigenvalue weighted by molar-refractivity contribution is -0.577. The Bertz CT molecular complexity index is 1190. The van der Waals surface area contributed by atoms with Gasteiger partial charge in [-0.2, -0.15) is 9.67 Å². The molecular formula is C24H24N4O3. The Morgan fingerprint density at radius 3 is 2.26 bits per heavy atom. The van der Waals surface area contributed by atoms with Crippen LogP contribution in [0.1, 0.15) is 37.6 Å². The maximum atomic E-state index is 13.5. The second kappa shape index (κ2) is 7.83. The van der Waals surface area contributed by atoms with Gasteiger partial charge in [0.1, 0.15) is 5.57 Å². The Kier molecular flexibility index (Phi) is 5.19. The number of rotatable bonds is 5. The van der Waals surface area contributed by atoms with Gasteiger partial charge in [-0.3, -0.25) is 14.5 Å². The van der Waals surface area contributed by atoms with Crippen molar-refractivity contribution in [1.82, 2.24) is 14.7 Å². The summed E-state index contributed by atoms with van der Waals surface area (Å²) in [6, 6.07) is 12.4. The van der Waals surface area contributed by atoms with Crippen LogP contribution in [0, 0.1) is 6.92 Å². The van der Waals surface area contributed by atoms with Gasteiger partial charge in [0, 0.05) is 23.7 Å². The van der Waals surface area contributed by atoms with Gasteiger partial charge in [-0.25, -0.2) is 4.68 Å². The van der Waals surface area contributed by atoms with Gasteiger partial charge in [0.15, 0.2) is 12.4 Å². The zero-order chi connectivity index (χ0) is 22.3. The number of benzene rings is 1. The maximum absolute atomic E-state index is 13.5. The minimum Gasteiger partial charge on any atom is -0.858 e. The zero-order valence-electron chi connectivity index (χ0n) is 18.0. The monoisotopic (exact) mass is 416 g/mol. The van der Waals surface area contributed by atoms with Gasteiger partial charge in [-0.15, -0.1) is 0 Å². The van der Waals surface area contributed by atoms with Gasteiger partial charge in [-0.1, -0.05) is 25.1 Å². The molecule has 3 aromatic rings. The topological polar surface area (TPSA) is 82.1 Å². The molecule has 4 rings (SSSR count). The van der Waals surface area contributed by atoms with E-state index in [9.17, 15) is 14.7 Å². The number of carbonyl (C=O) groups excluding carboxylic acids is 2. The van der Waals surface area contributed by atoms with E-state index in [1.165, 1.54) is 9.58 Å². The molecule has 0 unspecified atom stereocenters. The van der Waals surface area contributed by atoms with E-state index in [-0.39, 0.29) is 22.9 Å². The van der Waals surface area contributed by atoms with E-state index in [1.807, 2.05) is 44.2 Å². The van der Waals surface area contributed by atoms with Gasteiger partial charge >= 0.3 is 5.91 Å². The highest BCUT2D eigenvalue weighted by molar-refractivity contribution is 6.45. The summed E-state index contributed by atoms with van der Waals surface area (Å²) in [6.07, 6.45) is 3.91. The minimum absolute atomic E-state index is 0.108. The van der Waals surface area contributed by atoms with E-state index < -0.39 is 17.7 Å². The Morgan fingerprint density at radius 2 is 1.68 bits per heavy atom. The molecule has 3 heterocycles. The van der Waals surface area contributed by atoms with Crippen LogP contribution < -0.4 is 9.67 Å². The lowest BCUT2D eigenvalue weighted by Crippen LogP contribution is -2.42. The van der Waals surface area contributed by atoms with Crippen LogP contribution in [0.5, 0.6) is 5.88 Å². The van der Waals surface area contributed by atoms with E-state index in [2.05, 4.69) is 5.10 Å². The summed E-state index contributed by atoms with van der Waals surface area (Å²) < 4.78 is 2.91. The van der Waals surface area contributed by atoms with Crippen molar-refractivity contribution in [3.05, 3.63) is 71.7 Å². The predicted molar refractivity (Wildman–Crippen MR) is 114 cm³/mol. The summed E-state index contributed by atoms with van der Waals surface area (Å²) in [5.41, 5.74) is 2.59. The van der Waals surface area contributed by atoms with E-state index in [4.69, 9.17) is 0 Å². The third-order valence-electron chi connectivity index (χ3n) is 5.36. The molecule has 7 heteroatoms. The molecule has 0 atom stereocenters. The molecule has 2 aromatic heterocycles. The molecule has 1 aromatic carbocycles. The first-order valence-electron chi connectivity index (χ1n) is 10.3. The molecule has 1 aliphatic rings. The second-order valence-corrected chi connectivity index (χ2v) is 7.81. The average Bonchev–Trinajstić information content (AvgIpc) is 3.21. The molecule has 31 heavy (non-hydrogen) atoms. The fourth-order valence-corrected chi connectivity index (χ4v) is 3.81. The van der Waals surface area contributed by atoms with Gasteiger partial charge in [0.05, 0.1) is 11.4 Å². The van der Waals surface area contributed by atoms with Crippen molar-refractivity contribution < 1.29 is 19.3 Å². The summed E-state index contributed by atoms with van der Waals surface area (Å²) in [4.78, 5) is 27.9. The lowest BCUT2D eigenvalue weighted by Gasteiger charge is -2.18. The first-order valence-corrected chi connectivity index (χ1v) is 10.3. The number of pyridine rings is 1. The number of nitrogens with zero attached hydrogens (tertiary/aromatic N) is 4. The van der Waals surface area contributed by atoms with Crippen LogP contribution in [-0.2, 0) is 16.0 Å². The molecule has 0 fully saturated rings. The number of imide groups is 1. The largest absolute Gasteiger partial charge is 0.858 e. The molecule has 2 amide bonds. The number of para-hydroxylation sites is 1. The number of carbonyl (C=O) groups is 2. The SMILES string of the molecule is CCc1nn(-c2ccccc2)c([O-])c1C1=C([n+]2ccc(C)cc2)C(=O)N(C(C)C)C1=O. The standard InChI is InChI=1S/C24H24N4O3/c1-5-18-19(23(30)28(25-18)17-9-7-6-8-10-17)20-21(26-13-11-16(4)12-14-26)24(31)27(15(2)3)22(20)29/h6-15H,5H2,1-4H3. The van der Waals surface area contributed by atoms with E-state index in [1.54, 1.807) is 42.9 Å². The van der Waals surface area contributed by atoms with Crippen molar-refractivity contribution in [2.24, 2.45) is 0 Å². The molecular weight excluding hydrogens is 392 g/mol. The maximum Gasteiger partial charge on any atom is 0.327 e. The molecule has 0 bridgehead atoms. The molecule has 0 saturated heterocycles. The molecule has 7 nitrogen and oxygen atoms in total. The van der Waals surface area contributed by atoms with Gasteiger partial charge in [0.25, 0.3) is 11.6 Å². The Labute approximate surface area is 180 Å². The van der Waals surface area contributed by atoms with Crippen molar-refractivity contribution in [2.75, 3.05) is 0 Å². The summed E-state index contributed by atoms with van der Waals surface area (Å²) in [5.74, 6) is -1.30. The highest BCUT2D eigenvalue weighted by Crippen LogP contribution is 2.37. The molecule has 158 valence electrons. The fraction of sp³-hybridized carbons (Fsp3) is 0.250. The van der Waals surface area contributed by atoms with E-state index in [0.29, 0.717) is 17.8 Å². The molecule has 0 spiro atoms. The molecule has 1 aliphatic heterocycles. The number of aryl methyl sites for hydroxylation is 2. The van der Waals surface area contributed by atoms with Gasteiger partial charge in [-0.05, 0) is 50.8 Å². The fourth-order valence-electron chi connectivity index (χ4n) is 3.81.